The van der Waals surface area contributed by atoms with Crippen molar-refractivity contribution in [1.82, 2.24) is 0 Å². The van der Waals surface area contributed by atoms with Gasteiger partial charge in [-0.25, -0.2) is 0 Å². The molecule has 0 aromatic heterocycles. The molecule has 0 spiro atoms. The lowest BCUT2D eigenvalue weighted by atomic mass is 10.5. The Hall–Kier alpha value is 0.270. The minimum absolute atomic E-state index is 0.231. The molecule has 0 aliphatic carbocycles. The second-order valence-corrected chi connectivity index (χ2v) is 2.74. The summed E-state index contributed by atoms with van der Waals surface area (Å²) in [4.78, 5) is 0. The third-order valence-corrected chi connectivity index (χ3v) is 1.92. The first kappa shape index (κ1) is 4.43. The summed E-state index contributed by atoms with van der Waals surface area (Å²) >= 11 is 1.62. The zero-order chi connectivity index (χ0) is 4.57. The summed E-state index contributed by atoms with van der Waals surface area (Å²) in [7, 11) is 0. The quantitative estimate of drug-likeness (QED) is 0.437. The number of hydrogen-bond acceptors (Lipinski definition) is 3. The average molecular weight is 105 g/mol. The van der Waals surface area contributed by atoms with Crippen molar-refractivity contribution in [1.29, 1.82) is 0 Å². The highest BCUT2D eigenvalue weighted by atomic mass is 32.2. The molecule has 36 valence electrons. The van der Waals surface area contributed by atoms with Crippen LogP contribution < -0.4 is 5.73 Å². The SMILES string of the molecule is N[C@H]1S[C@H]1CO. The molecule has 2 atom stereocenters. The second-order valence-electron chi connectivity index (χ2n) is 1.32. The predicted octanol–water partition coefficient (Wildman–Crippen LogP) is -0.621. The van der Waals surface area contributed by atoms with Crippen LogP contribution in [0.25, 0.3) is 0 Å². The fourth-order valence-electron chi connectivity index (χ4n) is 0.303. The Morgan fingerprint density at radius 1 is 1.83 bits per heavy atom. The number of nitrogens with two attached hydrogens (primary N) is 1. The summed E-state index contributed by atoms with van der Waals surface area (Å²) in [6.07, 6.45) is 0. The highest BCUT2D eigenvalue weighted by molar-refractivity contribution is 8.07. The summed E-state index contributed by atoms with van der Waals surface area (Å²) in [6.45, 7) is 0.242. The summed E-state index contributed by atoms with van der Waals surface area (Å²) in [5, 5.41) is 8.86. The van der Waals surface area contributed by atoms with Crippen LogP contribution >= 0.6 is 11.8 Å². The van der Waals surface area contributed by atoms with E-state index in [0.29, 0.717) is 5.25 Å². The molecule has 1 fully saturated rings. The standard InChI is InChI=1S/C3H7NOS/c4-3-2(1-5)6-3/h2-3,5H,1,4H2/t2-,3-/m0/s1. The van der Waals surface area contributed by atoms with Gasteiger partial charge >= 0.3 is 0 Å². The third kappa shape index (κ3) is 0.668. The topological polar surface area (TPSA) is 46.2 Å². The second kappa shape index (κ2) is 1.40. The summed E-state index contributed by atoms with van der Waals surface area (Å²) < 4.78 is 0. The first-order valence-corrected chi connectivity index (χ1v) is 2.81. The number of aliphatic hydroxyl groups is 1. The molecule has 3 N–H and O–H groups in total. The van der Waals surface area contributed by atoms with Crippen LogP contribution in [0.2, 0.25) is 0 Å². The lowest BCUT2D eigenvalue weighted by molar-refractivity contribution is 0.303. The van der Waals surface area contributed by atoms with Gasteiger partial charge < -0.3 is 10.8 Å². The molecule has 0 saturated carbocycles. The van der Waals surface area contributed by atoms with E-state index in [1.807, 2.05) is 0 Å². The van der Waals surface area contributed by atoms with Crippen LogP contribution in [0.15, 0.2) is 0 Å². The molecule has 0 unspecified atom stereocenters. The fourth-order valence-corrected chi connectivity index (χ4v) is 0.788. The highest BCUT2D eigenvalue weighted by Crippen LogP contribution is 2.35. The summed E-state index contributed by atoms with van der Waals surface area (Å²) in [5.74, 6) is 0. The molecule has 3 heteroatoms. The third-order valence-electron chi connectivity index (χ3n) is 0.802. The smallest absolute Gasteiger partial charge is 0.0655 e. The van der Waals surface area contributed by atoms with Gasteiger partial charge in [-0.15, -0.1) is 11.8 Å². The van der Waals surface area contributed by atoms with E-state index in [2.05, 4.69) is 0 Å². The van der Waals surface area contributed by atoms with Crippen molar-refractivity contribution in [3.63, 3.8) is 0 Å². The predicted molar refractivity (Wildman–Crippen MR) is 26.4 cm³/mol. The Bertz CT molecular complexity index is 56.8. The molecular weight excluding hydrogens is 98.1 g/mol. The molecule has 1 heterocycles. The summed E-state index contributed by atoms with van der Waals surface area (Å²) in [5.41, 5.74) is 5.28. The molecule has 1 aliphatic heterocycles. The van der Waals surface area contributed by atoms with E-state index in [1.165, 1.54) is 0 Å². The number of rotatable bonds is 1. The van der Waals surface area contributed by atoms with E-state index in [-0.39, 0.29) is 12.0 Å². The molecule has 0 bridgehead atoms. The largest absolute Gasteiger partial charge is 0.395 e. The van der Waals surface area contributed by atoms with E-state index < -0.39 is 0 Å². The minimum atomic E-state index is 0.231. The van der Waals surface area contributed by atoms with E-state index in [0.717, 1.165) is 0 Å². The van der Waals surface area contributed by atoms with Gasteiger partial charge in [0, 0.05) is 0 Å². The van der Waals surface area contributed by atoms with Gasteiger partial charge in [0.05, 0.1) is 17.2 Å². The molecular formula is C3H7NOS. The van der Waals surface area contributed by atoms with Crippen molar-refractivity contribution in [2.24, 2.45) is 5.73 Å². The van der Waals surface area contributed by atoms with Gasteiger partial charge in [-0.3, -0.25) is 0 Å². The van der Waals surface area contributed by atoms with Crippen LogP contribution in [-0.2, 0) is 0 Å². The lowest BCUT2D eigenvalue weighted by Crippen LogP contribution is -2.07. The van der Waals surface area contributed by atoms with Crippen molar-refractivity contribution in [2.45, 2.75) is 10.6 Å². The van der Waals surface area contributed by atoms with E-state index in [4.69, 9.17) is 10.8 Å². The molecule has 0 radical (unpaired) electrons. The van der Waals surface area contributed by atoms with Crippen LogP contribution in [0.3, 0.4) is 0 Å². The van der Waals surface area contributed by atoms with Crippen LogP contribution in [0, 0.1) is 0 Å². The van der Waals surface area contributed by atoms with Crippen molar-refractivity contribution >= 4 is 11.8 Å². The normalized spacial score (nSPS) is 43.0. The molecule has 1 saturated heterocycles. The van der Waals surface area contributed by atoms with Crippen molar-refractivity contribution in [3.05, 3.63) is 0 Å². The fraction of sp³-hybridized carbons (Fsp3) is 1.00. The number of hydrogen-bond donors (Lipinski definition) is 2. The maximum atomic E-state index is 8.28. The van der Waals surface area contributed by atoms with E-state index in [1.54, 1.807) is 11.8 Å². The molecule has 0 amide bonds. The van der Waals surface area contributed by atoms with Crippen LogP contribution in [0.5, 0.6) is 0 Å². The Morgan fingerprint density at radius 2 is 2.33 bits per heavy atom. The summed E-state index contributed by atoms with van der Waals surface area (Å²) in [6, 6.07) is 0. The van der Waals surface area contributed by atoms with Gasteiger partial charge in [-0.2, -0.15) is 0 Å². The average Bonchev–Trinajstić information content (AvgIpc) is 2.19. The van der Waals surface area contributed by atoms with Gasteiger partial charge in [-0.1, -0.05) is 0 Å². The Balaban J connectivity index is 2.09. The Kier molecular flexibility index (Phi) is 1.04. The van der Waals surface area contributed by atoms with Gasteiger partial charge in [0.15, 0.2) is 0 Å². The van der Waals surface area contributed by atoms with Gasteiger partial charge in [0.1, 0.15) is 0 Å². The van der Waals surface area contributed by atoms with Crippen molar-refractivity contribution < 1.29 is 5.11 Å². The lowest BCUT2D eigenvalue weighted by Gasteiger charge is -1.76. The first-order chi connectivity index (χ1) is 2.84. The number of thioether (sulfide) groups is 1. The van der Waals surface area contributed by atoms with Gasteiger partial charge in [0.25, 0.3) is 0 Å². The molecule has 0 aromatic carbocycles. The van der Waals surface area contributed by atoms with Crippen LogP contribution in [0.1, 0.15) is 0 Å². The van der Waals surface area contributed by atoms with E-state index >= 15 is 0 Å². The molecule has 1 rings (SSSR count). The highest BCUT2D eigenvalue weighted by Gasteiger charge is 2.33. The molecule has 6 heavy (non-hydrogen) atoms. The molecule has 2 nitrogen and oxygen atoms in total. The van der Waals surface area contributed by atoms with Crippen molar-refractivity contribution in [2.75, 3.05) is 6.61 Å². The molecule has 1 aliphatic rings. The zero-order valence-electron chi connectivity index (χ0n) is 3.29. The Labute approximate surface area is 40.7 Å². The van der Waals surface area contributed by atoms with Crippen molar-refractivity contribution in [3.8, 4) is 0 Å². The van der Waals surface area contributed by atoms with Crippen LogP contribution in [-0.4, -0.2) is 22.3 Å². The maximum absolute atomic E-state index is 8.28. The van der Waals surface area contributed by atoms with Gasteiger partial charge in [0.2, 0.25) is 0 Å². The van der Waals surface area contributed by atoms with Crippen LogP contribution in [0.4, 0.5) is 0 Å². The zero-order valence-corrected chi connectivity index (χ0v) is 4.11. The maximum Gasteiger partial charge on any atom is 0.0655 e. The van der Waals surface area contributed by atoms with Gasteiger partial charge in [-0.05, 0) is 0 Å². The minimum Gasteiger partial charge on any atom is -0.395 e. The first-order valence-electron chi connectivity index (χ1n) is 1.86. The monoisotopic (exact) mass is 105 g/mol. The Morgan fingerprint density at radius 3 is 2.33 bits per heavy atom. The number of aliphatic hydroxyl groups excluding tert-OH is 1. The van der Waals surface area contributed by atoms with E-state index in [9.17, 15) is 0 Å². The molecule has 0 aromatic rings.